The average molecular weight is 540 g/mol. The lowest BCUT2D eigenvalue weighted by Crippen LogP contribution is -2.60. The predicted octanol–water partition coefficient (Wildman–Crippen LogP) is 4.41. The highest BCUT2D eigenvalue weighted by Gasteiger charge is 2.54. The fourth-order valence-corrected chi connectivity index (χ4v) is 5.63. The minimum absolute atomic E-state index is 0.00751. The number of H-pyrrole nitrogens is 1. The number of carbonyl (C=O) groups is 2. The third-order valence-electron chi connectivity index (χ3n) is 8.06. The Bertz CT molecular complexity index is 1650. The number of carbonyl (C=O) groups excluding carboxylic acids is 2. The van der Waals surface area contributed by atoms with Crippen molar-refractivity contribution in [1.82, 2.24) is 25.3 Å². The van der Waals surface area contributed by atoms with Gasteiger partial charge in [-0.05, 0) is 49.1 Å². The molecule has 1 aliphatic heterocycles. The Balaban J connectivity index is 1.18. The van der Waals surface area contributed by atoms with E-state index in [9.17, 15) is 14.4 Å². The number of nitrogens with one attached hydrogen (secondary N) is 2. The first-order chi connectivity index (χ1) is 19.3. The first-order valence-electron chi connectivity index (χ1n) is 13.5. The molecule has 1 aromatic heterocycles. The fraction of sp³-hybridized carbons (Fsp3) is 0.290. The van der Waals surface area contributed by atoms with Gasteiger partial charge >= 0.3 is 6.03 Å². The van der Waals surface area contributed by atoms with Crippen molar-refractivity contribution >= 4 is 22.7 Å². The van der Waals surface area contributed by atoms with Crippen molar-refractivity contribution in [3.05, 3.63) is 111 Å². The van der Waals surface area contributed by atoms with E-state index in [4.69, 9.17) is 0 Å². The zero-order valence-electron chi connectivity index (χ0n) is 22.2. The van der Waals surface area contributed by atoms with E-state index in [0.29, 0.717) is 42.7 Å². The summed E-state index contributed by atoms with van der Waals surface area (Å²) >= 11 is 0. The summed E-state index contributed by atoms with van der Waals surface area (Å²) in [4.78, 5) is 42.4. The Labute approximate surface area is 230 Å². The molecule has 1 saturated carbocycles. The van der Waals surface area contributed by atoms with Crippen molar-refractivity contribution in [2.45, 2.75) is 37.8 Å². The van der Waals surface area contributed by atoms with E-state index in [0.717, 1.165) is 23.8 Å². The fourth-order valence-electron chi connectivity index (χ4n) is 5.63. The van der Waals surface area contributed by atoms with Crippen molar-refractivity contribution in [2.24, 2.45) is 0 Å². The minimum atomic E-state index is -0.583. The predicted molar refractivity (Wildman–Crippen MR) is 150 cm³/mol. The third kappa shape index (κ3) is 4.83. The number of amides is 3. The van der Waals surface area contributed by atoms with Crippen LogP contribution in [0, 0.1) is 5.82 Å². The summed E-state index contributed by atoms with van der Waals surface area (Å²) in [6.07, 6.45) is 1.87. The molecule has 0 radical (unpaired) electrons. The van der Waals surface area contributed by atoms with E-state index in [1.165, 1.54) is 6.07 Å². The molecule has 2 aliphatic rings. The van der Waals surface area contributed by atoms with Gasteiger partial charge in [-0.15, -0.1) is 0 Å². The number of benzene rings is 3. The Morgan fingerprint density at radius 1 is 1.02 bits per heavy atom. The number of hydrogen-bond donors (Lipinski definition) is 2. The Hall–Kier alpha value is -4.53. The molecule has 0 unspecified atom stereocenters. The number of nitrogens with zero attached hydrogens (tertiary/aromatic N) is 3. The maximum absolute atomic E-state index is 15.0. The van der Waals surface area contributed by atoms with Gasteiger partial charge in [-0.25, -0.2) is 14.3 Å². The zero-order chi connectivity index (χ0) is 27.9. The number of piperazine rings is 1. The molecule has 1 spiro atoms. The molecule has 2 N–H and O–H groups in total. The second kappa shape index (κ2) is 10.2. The summed E-state index contributed by atoms with van der Waals surface area (Å²) in [6, 6.07) is 21.2. The summed E-state index contributed by atoms with van der Waals surface area (Å²) in [5.74, 6) is -0.949. The van der Waals surface area contributed by atoms with Gasteiger partial charge in [-0.3, -0.25) is 9.59 Å². The highest BCUT2D eigenvalue weighted by molar-refractivity contribution is 5.96. The van der Waals surface area contributed by atoms with Gasteiger partial charge in [0.05, 0.1) is 28.2 Å². The number of halogens is 1. The Morgan fingerprint density at radius 2 is 1.75 bits per heavy atom. The Morgan fingerprint density at radius 3 is 2.50 bits per heavy atom. The van der Waals surface area contributed by atoms with Crippen LogP contribution in [0.1, 0.15) is 53.0 Å². The molecule has 3 amide bonds. The van der Waals surface area contributed by atoms with Gasteiger partial charge in [0, 0.05) is 31.4 Å². The lowest BCUT2D eigenvalue weighted by Gasteiger charge is -2.42. The quantitative estimate of drug-likeness (QED) is 0.393. The van der Waals surface area contributed by atoms with E-state index in [-0.39, 0.29) is 29.1 Å². The molecule has 2 heterocycles. The third-order valence-corrected chi connectivity index (χ3v) is 8.06. The van der Waals surface area contributed by atoms with E-state index in [1.807, 2.05) is 49.4 Å². The van der Waals surface area contributed by atoms with Gasteiger partial charge in [0.2, 0.25) is 0 Å². The first-order valence-corrected chi connectivity index (χ1v) is 13.5. The maximum Gasteiger partial charge on any atom is 0.318 e. The van der Waals surface area contributed by atoms with E-state index < -0.39 is 11.4 Å². The molecular formula is C31H30FN5O3. The molecule has 1 saturated heterocycles. The van der Waals surface area contributed by atoms with E-state index in [1.54, 1.807) is 34.1 Å². The number of fused-ring (bicyclic) bond motifs is 1. The van der Waals surface area contributed by atoms with Crippen LogP contribution in [0.3, 0.4) is 0 Å². The van der Waals surface area contributed by atoms with Gasteiger partial charge in [0.1, 0.15) is 5.82 Å². The van der Waals surface area contributed by atoms with E-state index >= 15 is 4.39 Å². The first kappa shape index (κ1) is 25.7. The van der Waals surface area contributed by atoms with E-state index in [2.05, 4.69) is 15.5 Å². The van der Waals surface area contributed by atoms with Crippen LogP contribution in [-0.2, 0) is 6.42 Å². The van der Waals surface area contributed by atoms with Crippen LogP contribution >= 0.6 is 0 Å². The lowest BCUT2D eigenvalue weighted by molar-refractivity contribution is 0.0446. The number of urea groups is 1. The Kier molecular flexibility index (Phi) is 6.57. The molecule has 6 rings (SSSR count). The standard InChI is InChI=1S/C31H30FN5O3/c1-20(22-7-3-2-4-8-22)33-30(40)36-15-16-37(31(19-36)13-14-31)29(39)25-17-21(11-12-26(25)32)18-27-23-9-5-6-10-24(23)28(38)35-34-27/h2-12,17,20H,13-16,18-19H2,1H3,(H,33,40)(H,35,38)/t20-/m0/s1. The molecular weight excluding hydrogens is 509 g/mol. The molecule has 204 valence electrons. The summed E-state index contributed by atoms with van der Waals surface area (Å²) < 4.78 is 15.0. The lowest BCUT2D eigenvalue weighted by atomic mass is 10.0. The van der Waals surface area contributed by atoms with Crippen molar-refractivity contribution in [3.8, 4) is 0 Å². The number of aromatic amines is 1. The van der Waals surface area contributed by atoms with Crippen molar-refractivity contribution in [3.63, 3.8) is 0 Å². The monoisotopic (exact) mass is 539 g/mol. The van der Waals surface area contributed by atoms with Crippen molar-refractivity contribution in [2.75, 3.05) is 19.6 Å². The summed E-state index contributed by atoms with van der Waals surface area (Å²) in [6.45, 7) is 3.07. The van der Waals surface area contributed by atoms with Crippen LogP contribution in [0.25, 0.3) is 10.8 Å². The highest BCUT2D eigenvalue weighted by atomic mass is 19.1. The maximum atomic E-state index is 15.0. The van der Waals surface area contributed by atoms with Crippen LogP contribution in [0.4, 0.5) is 9.18 Å². The molecule has 1 aliphatic carbocycles. The van der Waals surface area contributed by atoms with Crippen molar-refractivity contribution < 1.29 is 14.0 Å². The molecule has 1 atom stereocenters. The summed E-state index contributed by atoms with van der Waals surface area (Å²) in [7, 11) is 0. The molecule has 0 bridgehead atoms. The number of aromatic nitrogens is 2. The zero-order valence-corrected chi connectivity index (χ0v) is 22.2. The second-order valence-corrected chi connectivity index (χ2v) is 10.7. The summed E-state index contributed by atoms with van der Waals surface area (Å²) in [5.41, 5.74) is 1.64. The largest absolute Gasteiger partial charge is 0.331 e. The SMILES string of the molecule is C[C@H](NC(=O)N1CCN(C(=O)c2cc(Cc3n[nH]c(=O)c4ccccc34)ccc2F)C2(CC2)C1)c1ccccc1. The number of rotatable bonds is 5. The van der Waals surface area contributed by atoms with Gasteiger partial charge < -0.3 is 15.1 Å². The second-order valence-electron chi connectivity index (χ2n) is 10.7. The molecule has 40 heavy (non-hydrogen) atoms. The van der Waals surface area contributed by atoms with Crippen LogP contribution in [0.2, 0.25) is 0 Å². The molecule has 3 aromatic carbocycles. The van der Waals surface area contributed by atoms with Gasteiger partial charge in [0.15, 0.2) is 0 Å². The van der Waals surface area contributed by atoms with Crippen LogP contribution in [-0.4, -0.2) is 57.1 Å². The average Bonchev–Trinajstić information content (AvgIpc) is 3.74. The molecule has 2 fully saturated rings. The molecule has 4 aromatic rings. The topological polar surface area (TPSA) is 98.4 Å². The van der Waals surface area contributed by atoms with Gasteiger partial charge in [-0.1, -0.05) is 54.6 Å². The van der Waals surface area contributed by atoms with Crippen LogP contribution < -0.4 is 10.9 Å². The molecule has 8 nitrogen and oxygen atoms in total. The van der Waals surface area contributed by atoms with Crippen molar-refractivity contribution in [1.29, 1.82) is 0 Å². The van der Waals surface area contributed by atoms with Crippen LogP contribution in [0.15, 0.2) is 77.6 Å². The number of hydrogen-bond acceptors (Lipinski definition) is 4. The normalized spacial score (nSPS) is 16.6. The minimum Gasteiger partial charge on any atom is -0.331 e. The van der Waals surface area contributed by atoms with Gasteiger partial charge in [0.25, 0.3) is 11.5 Å². The summed E-state index contributed by atoms with van der Waals surface area (Å²) in [5, 5.41) is 11.0. The van der Waals surface area contributed by atoms with Gasteiger partial charge in [-0.2, -0.15) is 5.10 Å². The molecule has 9 heteroatoms. The van der Waals surface area contributed by atoms with Crippen LogP contribution in [0.5, 0.6) is 0 Å². The highest BCUT2D eigenvalue weighted by Crippen LogP contribution is 2.45. The smallest absolute Gasteiger partial charge is 0.318 e.